The van der Waals surface area contributed by atoms with E-state index in [4.69, 9.17) is 0 Å². The first kappa shape index (κ1) is 11.2. The summed E-state index contributed by atoms with van der Waals surface area (Å²) < 4.78 is 4.67. The molecule has 0 bridgehead atoms. The van der Waals surface area contributed by atoms with Gasteiger partial charge in [-0.3, -0.25) is 0 Å². The molecule has 0 atom stereocenters. The second-order valence-electron chi connectivity index (χ2n) is 4.18. The van der Waals surface area contributed by atoms with Gasteiger partial charge in [0.25, 0.3) is 0 Å². The van der Waals surface area contributed by atoms with Crippen LogP contribution in [-0.4, -0.2) is 18.1 Å². The van der Waals surface area contributed by atoms with Crippen molar-refractivity contribution < 1.29 is 9.53 Å². The second-order valence-corrected chi connectivity index (χ2v) is 5.17. The molecule has 0 aromatic carbocycles. The van der Waals surface area contributed by atoms with E-state index in [0.29, 0.717) is 4.88 Å². The number of methoxy groups -OCH3 is 1. The highest BCUT2D eigenvalue weighted by Crippen LogP contribution is 2.29. The highest BCUT2D eigenvalue weighted by atomic mass is 32.1. The molecule has 0 aliphatic heterocycles. The Balaban J connectivity index is 3.12. The van der Waals surface area contributed by atoms with Crippen LogP contribution in [0.5, 0.6) is 0 Å². The van der Waals surface area contributed by atoms with E-state index in [1.54, 1.807) is 0 Å². The van der Waals surface area contributed by atoms with E-state index in [0.717, 1.165) is 10.7 Å². The van der Waals surface area contributed by atoms with E-state index < -0.39 is 0 Å². The lowest BCUT2D eigenvalue weighted by Gasteiger charge is -2.13. The number of nitrogens with zero attached hydrogens (tertiary/aromatic N) is 1. The van der Waals surface area contributed by atoms with Crippen LogP contribution in [-0.2, 0) is 10.2 Å². The molecule has 0 fully saturated rings. The number of thiazole rings is 1. The number of hydrogen-bond donors (Lipinski definition) is 0. The summed E-state index contributed by atoms with van der Waals surface area (Å²) in [5, 5.41) is 0.968. The minimum absolute atomic E-state index is 0.0122. The highest BCUT2D eigenvalue weighted by Gasteiger charge is 2.23. The fourth-order valence-electron chi connectivity index (χ4n) is 0.999. The van der Waals surface area contributed by atoms with Crippen LogP contribution in [0.4, 0.5) is 0 Å². The molecule has 0 N–H and O–H groups in total. The van der Waals surface area contributed by atoms with Gasteiger partial charge in [0.1, 0.15) is 4.88 Å². The van der Waals surface area contributed by atoms with Crippen LogP contribution in [0, 0.1) is 6.92 Å². The summed E-state index contributed by atoms with van der Waals surface area (Å²) in [5.41, 5.74) is 0.744. The lowest BCUT2D eigenvalue weighted by atomic mass is 9.98. The molecule has 0 aliphatic carbocycles. The summed E-state index contributed by atoms with van der Waals surface area (Å²) in [7, 11) is 1.39. The first-order valence-electron chi connectivity index (χ1n) is 4.42. The summed E-state index contributed by atoms with van der Waals surface area (Å²) in [4.78, 5) is 16.3. The van der Waals surface area contributed by atoms with Crippen molar-refractivity contribution in [2.45, 2.75) is 33.1 Å². The fraction of sp³-hybridized carbons (Fsp3) is 0.600. The summed E-state index contributed by atoms with van der Waals surface area (Å²) in [5.74, 6) is -0.296. The number of esters is 1. The van der Waals surface area contributed by atoms with Gasteiger partial charge < -0.3 is 4.74 Å². The third-order valence-corrected chi connectivity index (χ3v) is 3.37. The summed E-state index contributed by atoms with van der Waals surface area (Å²) >= 11 is 1.41. The smallest absolute Gasteiger partial charge is 0.349 e. The Morgan fingerprint density at radius 3 is 2.36 bits per heavy atom. The number of rotatable bonds is 1. The van der Waals surface area contributed by atoms with Crippen LogP contribution in [0.1, 0.15) is 41.1 Å². The summed E-state index contributed by atoms with van der Waals surface area (Å²) in [6, 6.07) is 0. The van der Waals surface area contributed by atoms with Gasteiger partial charge >= 0.3 is 5.97 Å². The molecule has 78 valence electrons. The van der Waals surface area contributed by atoms with Gasteiger partial charge in [0, 0.05) is 5.41 Å². The van der Waals surface area contributed by atoms with Gasteiger partial charge in [-0.2, -0.15) is 0 Å². The number of ether oxygens (including phenoxy) is 1. The molecule has 0 saturated carbocycles. The third kappa shape index (κ3) is 2.12. The van der Waals surface area contributed by atoms with E-state index in [-0.39, 0.29) is 11.4 Å². The lowest BCUT2D eigenvalue weighted by molar-refractivity contribution is 0.0605. The van der Waals surface area contributed by atoms with Gasteiger partial charge in [0.05, 0.1) is 17.8 Å². The Morgan fingerprint density at radius 2 is 2.00 bits per heavy atom. The van der Waals surface area contributed by atoms with Crippen LogP contribution in [0.3, 0.4) is 0 Å². The zero-order chi connectivity index (χ0) is 10.9. The van der Waals surface area contributed by atoms with E-state index in [2.05, 4.69) is 30.5 Å². The number of aromatic nitrogens is 1. The van der Waals surface area contributed by atoms with E-state index >= 15 is 0 Å². The Morgan fingerprint density at radius 1 is 1.43 bits per heavy atom. The van der Waals surface area contributed by atoms with Gasteiger partial charge in [-0.05, 0) is 6.92 Å². The van der Waals surface area contributed by atoms with Crippen molar-refractivity contribution in [3.63, 3.8) is 0 Å². The molecule has 0 aliphatic rings. The Kier molecular flexibility index (Phi) is 2.95. The molecule has 1 aromatic rings. The van der Waals surface area contributed by atoms with Crippen molar-refractivity contribution in [1.29, 1.82) is 0 Å². The molecule has 1 rings (SSSR count). The molecule has 0 unspecified atom stereocenters. The van der Waals surface area contributed by atoms with Gasteiger partial charge in [0.15, 0.2) is 0 Å². The number of carbonyl (C=O) groups is 1. The number of hydrogen-bond acceptors (Lipinski definition) is 4. The molecule has 3 nitrogen and oxygen atoms in total. The Bertz CT molecular complexity index is 349. The van der Waals surface area contributed by atoms with Crippen molar-refractivity contribution in [1.82, 2.24) is 4.98 Å². The van der Waals surface area contributed by atoms with Crippen LogP contribution in [0.2, 0.25) is 0 Å². The van der Waals surface area contributed by atoms with Gasteiger partial charge in [-0.1, -0.05) is 20.8 Å². The molecular formula is C10H15NO2S. The van der Waals surface area contributed by atoms with E-state index in [1.807, 2.05) is 6.92 Å². The average molecular weight is 213 g/mol. The zero-order valence-corrected chi connectivity index (χ0v) is 9.99. The third-order valence-electron chi connectivity index (χ3n) is 1.81. The monoisotopic (exact) mass is 213 g/mol. The van der Waals surface area contributed by atoms with Crippen molar-refractivity contribution >= 4 is 17.3 Å². The molecule has 0 spiro atoms. The van der Waals surface area contributed by atoms with Crippen molar-refractivity contribution in [2.24, 2.45) is 0 Å². The molecule has 0 radical (unpaired) electrons. The van der Waals surface area contributed by atoms with Gasteiger partial charge in [-0.25, -0.2) is 9.78 Å². The largest absolute Gasteiger partial charge is 0.465 e. The topological polar surface area (TPSA) is 39.2 Å². The quantitative estimate of drug-likeness (QED) is 0.673. The van der Waals surface area contributed by atoms with Crippen molar-refractivity contribution in [3.05, 3.63) is 15.6 Å². The molecule has 0 saturated heterocycles. The zero-order valence-electron chi connectivity index (χ0n) is 9.17. The predicted molar refractivity (Wildman–Crippen MR) is 56.9 cm³/mol. The molecule has 4 heteroatoms. The first-order valence-corrected chi connectivity index (χ1v) is 5.24. The van der Waals surface area contributed by atoms with E-state index in [9.17, 15) is 4.79 Å². The lowest BCUT2D eigenvalue weighted by Crippen LogP contribution is -2.10. The second kappa shape index (κ2) is 3.69. The minimum atomic E-state index is -0.296. The Labute approximate surface area is 88.1 Å². The van der Waals surface area contributed by atoms with Crippen molar-refractivity contribution in [3.8, 4) is 0 Å². The van der Waals surface area contributed by atoms with Crippen LogP contribution < -0.4 is 0 Å². The van der Waals surface area contributed by atoms with E-state index in [1.165, 1.54) is 18.4 Å². The minimum Gasteiger partial charge on any atom is -0.465 e. The standard InChI is InChI=1S/C10H15NO2S/c1-6-7(8(12)13-5)14-9(11-6)10(2,3)4/h1-5H3. The summed E-state index contributed by atoms with van der Waals surface area (Å²) in [6.45, 7) is 8.06. The highest BCUT2D eigenvalue weighted by molar-refractivity contribution is 7.13. The fourth-order valence-corrected chi connectivity index (χ4v) is 2.04. The molecular weight excluding hydrogens is 198 g/mol. The molecule has 1 heterocycles. The van der Waals surface area contributed by atoms with Crippen LogP contribution in [0.25, 0.3) is 0 Å². The predicted octanol–water partition coefficient (Wildman–Crippen LogP) is 2.54. The maximum atomic E-state index is 11.3. The van der Waals surface area contributed by atoms with Crippen molar-refractivity contribution in [2.75, 3.05) is 7.11 Å². The maximum absolute atomic E-state index is 11.3. The number of aryl methyl sites for hydroxylation is 1. The van der Waals surface area contributed by atoms with Gasteiger partial charge in [-0.15, -0.1) is 11.3 Å². The van der Waals surface area contributed by atoms with Crippen LogP contribution >= 0.6 is 11.3 Å². The molecule has 0 amide bonds. The normalized spacial score (nSPS) is 11.5. The Hall–Kier alpha value is -0.900. The van der Waals surface area contributed by atoms with Gasteiger partial charge in [0.2, 0.25) is 0 Å². The SMILES string of the molecule is COC(=O)c1sc(C(C)(C)C)nc1C. The van der Waals surface area contributed by atoms with Crippen LogP contribution in [0.15, 0.2) is 0 Å². The summed E-state index contributed by atoms with van der Waals surface area (Å²) in [6.07, 6.45) is 0. The molecule has 14 heavy (non-hydrogen) atoms. The first-order chi connectivity index (χ1) is 6.36. The maximum Gasteiger partial charge on any atom is 0.349 e. The molecule has 1 aromatic heterocycles. The number of carbonyl (C=O) groups excluding carboxylic acids is 1. The average Bonchev–Trinajstić information content (AvgIpc) is 2.45.